The van der Waals surface area contributed by atoms with E-state index < -0.39 is 0 Å². The van der Waals surface area contributed by atoms with E-state index in [0.29, 0.717) is 11.5 Å². The Morgan fingerprint density at radius 2 is 1.94 bits per heavy atom. The number of anilines is 1. The fourth-order valence-electron chi connectivity index (χ4n) is 3.16. The van der Waals surface area contributed by atoms with Crippen molar-refractivity contribution in [3.8, 4) is 0 Å². The van der Waals surface area contributed by atoms with Gasteiger partial charge < -0.3 is 5.32 Å². The molecular formula is C15H27N3. The minimum absolute atomic E-state index is 0.377. The second-order valence-corrected chi connectivity index (χ2v) is 6.80. The highest BCUT2D eigenvalue weighted by Crippen LogP contribution is 2.39. The molecule has 0 amide bonds. The summed E-state index contributed by atoms with van der Waals surface area (Å²) in [6, 6.07) is 2.72. The summed E-state index contributed by atoms with van der Waals surface area (Å²) in [4.78, 5) is 0. The first-order chi connectivity index (χ1) is 8.38. The van der Waals surface area contributed by atoms with Gasteiger partial charge in [0.25, 0.3) is 0 Å². The third-order valence-electron chi connectivity index (χ3n) is 4.33. The average Bonchev–Trinajstić information content (AvgIpc) is 2.57. The molecule has 0 bridgehead atoms. The smallest absolute Gasteiger partial charge is 0.148 e. The highest BCUT2D eigenvalue weighted by Gasteiger charge is 2.34. The van der Waals surface area contributed by atoms with E-state index in [0.717, 1.165) is 11.7 Å². The molecule has 2 unspecified atom stereocenters. The maximum atomic E-state index is 4.53. The van der Waals surface area contributed by atoms with Gasteiger partial charge in [0.2, 0.25) is 0 Å². The number of rotatable bonds is 2. The van der Waals surface area contributed by atoms with Gasteiger partial charge in [-0.2, -0.15) is 5.10 Å². The Hall–Kier alpha value is -0.990. The Balaban J connectivity index is 2.10. The zero-order chi connectivity index (χ0) is 13.3. The van der Waals surface area contributed by atoms with Gasteiger partial charge in [-0.25, -0.2) is 0 Å². The molecule has 1 aliphatic rings. The Morgan fingerprint density at radius 3 is 2.50 bits per heavy atom. The molecule has 1 fully saturated rings. The van der Waals surface area contributed by atoms with Crippen LogP contribution in [-0.4, -0.2) is 15.8 Å². The van der Waals surface area contributed by atoms with Crippen LogP contribution in [0.3, 0.4) is 0 Å². The van der Waals surface area contributed by atoms with Crippen molar-refractivity contribution in [2.75, 3.05) is 5.32 Å². The van der Waals surface area contributed by atoms with Gasteiger partial charge in [-0.3, -0.25) is 4.68 Å². The maximum absolute atomic E-state index is 4.53. The van der Waals surface area contributed by atoms with Gasteiger partial charge in [-0.15, -0.1) is 0 Å². The Kier molecular flexibility index (Phi) is 3.69. The first kappa shape index (κ1) is 13.4. The maximum Gasteiger partial charge on any atom is 0.148 e. The second-order valence-electron chi connectivity index (χ2n) is 6.80. The van der Waals surface area contributed by atoms with Crippen molar-refractivity contribution in [2.24, 2.45) is 18.4 Å². The van der Waals surface area contributed by atoms with E-state index in [-0.39, 0.29) is 0 Å². The highest BCUT2D eigenvalue weighted by molar-refractivity contribution is 5.37. The number of hydrogen-bond acceptors (Lipinski definition) is 2. The molecule has 0 aromatic carbocycles. The summed E-state index contributed by atoms with van der Waals surface area (Å²) in [6.45, 7) is 9.18. The van der Waals surface area contributed by atoms with Crippen LogP contribution in [-0.2, 0) is 7.05 Å². The van der Waals surface area contributed by atoms with E-state index in [4.69, 9.17) is 0 Å². The Labute approximate surface area is 111 Å². The predicted octanol–water partition coefficient (Wildman–Crippen LogP) is 3.75. The molecule has 2 rings (SSSR count). The summed E-state index contributed by atoms with van der Waals surface area (Å²) in [6.07, 6.45) is 5.34. The molecule has 1 aromatic rings. The van der Waals surface area contributed by atoms with Crippen LogP contribution in [0, 0.1) is 18.3 Å². The van der Waals surface area contributed by atoms with Crippen LogP contribution in [0.4, 0.5) is 5.82 Å². The molecule has 0 aliphatic heterocycles. The lowest BCUT2D eigenvalue weighted by molar-refractivity contribution is 0.162. The standard InChI is InChI=1S/C15H27N3/c1-11-10-14(17-18(11)5)16-13-9-7-6-8-12(13)15(2,3)4/h10,12-13H,6-9H2,1-5H3,(H,16,17). The summed E-state index contributed by atoms with van der Waals surface area (Å²) in [5.41, 5.74) is 1.59. The molecule has 2 atom stereocenters. The predicted molar refractivity (Wildman–Crippen MR) is 76.8 cm³/mol. The summed E-state index contributed by atoms with van der Waals surface area (Å²) in [5, 5.41) is 8.19. The molecule has 0 spiro atoms. The van der Waals surface area contributed by atoms with Crippen molar-refractivity contribution < 1.29 is 0 Å². The number of aryl methyl sites for hydroxylation is 2. The molecule has 1 heterocycles. The van der Waals surface area contributed by atoms with Crippen LogP contribution >= 0.6 is 0 Å². The van der Waals surface area contributed by atoms with E-state index in [2.05, 4.69) is 44.2 Å². The van der Waals surface area contributed by atoms with Gasteiger partial charge in [-0.05, 0) is 31.1 Å². The molecule has 1 aliphatic carbocycles. The van der Waals surface area contributed by atoms with Gasteiger partial charge in [0.15, 0.2) is 0 Å². The van der Waals surface area contributed by atoms with Crippen LogP contribution in [0.1, 0.15) is 52.1 Å². The van der Waals surface area contributed by atoms with Crippen molar-refractivity contribution in [3.05, 3.63) is 11.8 Å². The van der Waals surface area contributed by atoms with Crippen LogP contribution < -0.4 is 5.32 Å². The molecule has 3 heteroatoms. The van der Waals surface area contributed by atoms with E-state index in [9.17, 15) is 0 Å². The average molecular weight is 249 g/mol. The molecule has 0 radical (unpaired) electrons. The summed E-state index contributed by atoms with van der Waals surface area (Å²) in [7, 11) is 2.00. The summed E-state index contributed by atoms with van der Waals surface area (Å²) in [5.74, 6) is 1.78. The summed E-state index contributed by atoms with van der Waals surface area (Å²) < 4.78 is 1.94. The van der Waals surface area contributed by atoms with Crippen molar-refractivity contribution in [1.82, 2.24) is 9.78 Å². The third-order valence-corrected chi connectivity index (χ3v) is 4.33. The van der Waals surface area contributed by atoms with Crippen LogP contribution in [0.25, 0.3) is 0 Å². The van der Waals surface area contributed by atoms with Gasteiger partial charge in [0.05, 0.1) is 0 Å². The first-order valence-electron chi connectivity index (χ1n) is 7.15. The van der Waals surface area contributed by atoms with Gasteiger partial charge >= 0.3 is 0 Å². The largest absolute Gasteiger partial charge is 0.366 e. The number of nitrogens with one attached hydrogen (secondary N) is 1. The van der Waals surface area contributed by atoms with Crippen molar-refractivity contribution in [1.29, 1.82) is 0 Å². The number of nitrogens with zero attached hydrogens (tertiary/aromatic N) is 2. The van der Waals surface area contributed by atoms with E-state index in [1.165, 1.54) is 31.4 Å². The van der Waals surface area contributed by atoms with E-state index in [1.54, 1.807) is 0 Å². The second kappa shape index (κ2) is 4.94. The zero-order valence-electron chi connectivity index (χ0n) is 12.5. The van der Waals surface area contributed by atoms with Crippen molar-refractivity contribution in [2.45, 2.75) is 59.4 Å². The van der Waals surface area contributed by atoms with E-state index >= 15 is 0 Å². The lowest BCUT2D eigenvalue weighted by Gasteiger charge is -2.40. The van der Waals surface area contributed by atoms with E-state index in [1.807, 2.05) is 11.7 Å². The number of hydrogen-bond donors (Lipinski definition) is 1. The normalized spacial score (nSPS) is 25.2. The molecule has 3 nitrogen and oxygen atoms in total. The minimum Gasteiger partial charge on any atom is -0.366 e. The Morgan fingerprint density at radius 1 is 1.28 bits per heavy atom. The van der Waals surface area contributed by atoms with Gasteiger partial charge in [0.1, 0.15) is 5.82 Å². The quantitative estimate of drug-likeness (QED) is 0.865. The van der Waals surface area contributed by atoms with Crippen LogP contribution in [0.2, 0.25) is 0 Å². The van der Waals surface area contributed by atoms with Crippen molar-refractivity contribution in [3.63, 3.8) is 0 Å². The monoisotopic (exact) mass is 249 g/mol. The van der Waals surface area contributed by atoms with Gasteiger partial charge in [-0.1, -0.05) is 33.6 Å². The van der Waals surface area contributed by atoms with Crippen molar-refractivity contribution >= 4 is 5.82 Å². The SMILES string of the molecule is Cc1cc(NC2CCCCC2C(C)(C)C)nn1C. The zero-order valence-corrected chi connectivity index (χ0v) is 12.5. The fraction of sp³-hybridized carbons (Fsp3) is 0.800. The third kappa shape index (κ3) is 2.88. The van der Waals surface area contributed by atoms with Crippen LogP contribution in [0.15, 0.2) is 6.07 Å². The van der Waals surface area contributed by atoms with Crippen LogP contribution in [0.5, 0.6) is 0 Å². The lowest BCUT2D eigenvalue weighted by atomic mass is 9.69. The number of aromatic nitrogens is 2. The summed E-state index contributed by atoms with van der Waals surface area (Å²) >= 11 is 0. The molecule has 1 aromatic heterocycles. The molecule has 0 saturated heterocycles. The first-order valence-corrected chi connectivity index (χ1v) is 7.15. The highest BCUT2D eigenvalue weighted by atomic mass is 15.3. The van der Waals surface area contributed by atoms with Gasteiger partial charge in [0, 0.05) is 24.8 Å². The lowest BCUT2D eigenvalue weighted by Crippen LogP contribution is -2.39. The topological polar surface area (TPSA) is 29.9 Å². The Bertz CT molecular complexity index is 381. The molecule has 102 valence electrons. The molecular weight excluding hydrogens is 222 g/mol. The molecule has 1 saturated carbocycles. The minimum atomic E-state index is 0.377. The molecule has 1 N–H and O–H groups in total. The molecule has 18 heavy (non-hydrogen) atoms. The fourth-order valence-corrected chi connectivity index (χ4v) is 3.16.